The number of carbonyl (C=O) groups is 2. The molecule has 0 aromatic rings. The molecule has 0 aliphatic heterocycles. The molecule has 0 amide bonds. The number of aliphatic carboxylic acids is 2. The first-order valence-electron chi connectivity index (χ1n) is 2.26. The van der Waals surface area contributed by atoms with E-state index in [0.717, 1.165) is 21.0 Å². The van der Waals surface area contributed by atoms with Crippen LogP contribution in [0, 0.1) is 0 Å². The van der Waals surface area contributed by atoms with Gasteiger partial charge in [0.25, 0.3) is 0 Å². The second kappa shape index (κ2) is 22.6. The normalized spacial score (nSPS) is 5.09. The Morgan fingerprint density at radius 3 is 1.00 bits per heavy atom. The molecule has 0 aromatic heterocycles. The Bertz CT molecular complexity index is 72.9. The number of carboxylic acid groups (broad SMARTS) is 2. The number of hydrogen-bond acceptors (Lipinski definition) is 5. The van der Waals surface area contributed by atoms with Crippen LogP contribution in [-0.2, 0) is 36.9 Å². The van der Waals surface area contributed by atoms with Crippen LogP contribution in [0.4, 0.5) is 0 Å². The Hall–Kier alpha value is -0.178. The molecule has 0 radical (unpaired) electrons. The van der Waals surface area contributed by atoms with E-state index >= 15 is 0 Å². The molecule has 0 saturated heterocycles. The average molecular weight is 263 g/mol. The van der Waals surface area contributed by atoms with Gasteiger partial charge in [0, 0.05) is 19.0 Å². The standard InChI is InChI=1S/2C2H4O2.CH4O.Cd/c2*1-2(3)4;1-2;/h2*1H3,(H,3,4);2H,1H3;/q;;;+2/p-2. The molecule has 0 aromatic carbocycles. The summed E-state index contributed by atoms with van der Waals surface area (Å²) in [6.07, 6.45) is 0. The van der Waals surface area contributed by atoms with E-state index in [9.17, 15) is 0 Å². The van der Waals surface area contributed by atoms with Crippen molar-refractivity contribution in [1.82, 2.24) is 0 Å². The van der Waals surface area contributed by atoms with E-state index < -0.39 is 11.9 Å². The number of rotatable bonds is 0. The quantitative estimate of drug-likeness (QED) is 0.473. The fourth-order valence-corrected chi connectivity index (χ4v) is 0. The molecule has 0 atom stereocenters. The molecule has 1 N–H and O–H groups in total. The molecule has 0 fully saturated rings. The first-order valence-corrected chi connectivity index (χ1v) is 2.26. The van der Waals surface area contributed by atoms with Gasteiger partial charge in [0.2, 0.25) is 0 Å². The summed E-state index contributed by atoms with van der Waals surface area (Å²) in [4.78, 5) is 17.8. The van der Waals surface area contributed by atoms with E-state index in [0.29, 0.717) is 0 Å². The summed E-state index contributed by atoms with van der Waals surface area (Å²) >= 11 is 0. The van der Waals surface area contributed by atoms with Crippen molar-refractivity contribution in [1.29, 1.82) is 0 Å². The van der Waals surface area contributed by atoms with Crippen LogP contribution in [0.15, 0.2) is 0 Å². The molecule has 0 spiro atoms. The van der Waals surface area contributed by atoms with Gasteiger partial charge in [0.05, 0.1) is 0 Å². The monoisotopic (exact) mass is 264 g/mol. The van der Waals surface area contributed by atoms with Gasteiger partial charge in [0.1, 0.15) is 0 Å². The number of aliphatic hydroxyl groups excluding tert-OH is 1. The van der Waals surface area contributed by atoms with Crippen molar-refractivity contribution in [2.75, 3.05) is 7.11 Å². The molecule has 0 rings (SSSR count). The van der Waals surface area contributed by atoms with Crippen LogP contribution >= 0.6 is 0 Å². The third-order valence-electron chi connectivity index (χ3n) is 0. The predicted molar refractivity (Wildman–Crippen MR) is 29.5 cm³/mol. The first kappa shape index (κ1) is 22.4. The predicted octanol–water partition coefficient (Wildman–Crippen LogP) is -2.88. The van der Waals surface area contributed by atoms with E-state index in [1.54, 1.807) is 0 Å². The minimum absolute atomic E-state index is 0. The van der Waals surface area contributed by atoms with Crippen LogP contribution in [0.2, 0.25) is 0 Å². The molecule has 0 heterocycles. The molecule has 0 aliphatic rings. The molecule has 6 heteroatoms. The Morgan fingerprint density at radius 1 is 1.00 bits per heavy atom. The Morgan fingerprint density at radius 2 is 1.00 bits per heavy atom. The molecule has 0 unspecified atom stereocenters. The van der Waals surface area contributed by atoms with Crippen LogP contribution in [0.1, 0.15) is 13.8 Å². The van der Waals surface area contributed by atoms with E-state index in [4.69, 9.17) is 24.9 Å². The van der Waals surface area contributed by atoms with Crippen molar-refractivity contribution in [3.8, 4) is 0 Å². The van der Waals surface area contributed by atoms with E-state index in [1.165, 1.54) is 0 Å². The van der Waals surface area contributed by atoms with Gasteiger partial charge in [-0.3, -0.25) is 0 Å². The summed E-state index contributed by atoms with van der Waals surface area (Å²) in [5.41, 5.74) is 0. The molecule has 5 nitrogen and oxygen atoms in total. The SMILES string of the molecule is CC(=O)[O-].CC(=O)[O-].CO.[Cd+2]. The largest absolute Gasteiger partial charge is 2.00 e. The molecule has 0 bridgehead atoms. The zero-order valence-corrected chi connectivity index (χ0v) is 10.8. The fourth-order valence-electron chi connectivity index (χ4n) is 0. The fraction of sp³-hybridized carbons (Fsp3) is 0.600. The van der Waals surface area contributed by atoms with Crippen LogP contribution in [0.25, 0.3) is 0 Å². The van der Waals surface area contributed by atoms with Gasteiger partial charge in [-0.25, -0.2) is 0 Å². The Labute approximate surface area is 85.2 Å². The molecule has 0 saturated carbocycles. The molecular weight excluding hydrogens is 252 g/mol. The average Bonchev–Trinajstić information content (AvgIpc) is 1.66. The Balaban J connectivity index is -0.0000000339. The first-order chi connectivity index (χ1) is 4.46. The zero-order chi connectivity index (χ0) is 9.15. The van der Waals surface area contributed by atoms with Crippen molar-refractivity contribution in [3.05, 3.63) is 0 Å². The van der Waals surface area contributed by atoms with Gasteiger partial charge in [-0.2, -0.15) is 0 Å². The van der Waals surface area contributed by atoms with Crippen LogP contribution in [0.3, 0.4) is 0 Å². The minimum Gasteiger partial charge on any atom is -0.550 e. The maximum absolute atomic E-state index is 8.89. The van der Waals surface area contributed by atoms with Gasteiger partial charge >= 0.3 is 27.3 Å². The van der Waals surface area contributed by atoms with Crippen molar-refractivity contribution in [2.24, 2.45) is 0 Å². The van der Waals surface area contributed by atoms with Crippen molar-refractivity contribution in [3.63, 3.8) is 0 Å². The van der Waals surface area contributed by atoms with Crippen LogP contribution in [-0.4, -0.2) is 24.2 Å². The summed E-state index contributed by atoms with van der Waals surface area (Å²) in [6, 6.07) is 0. The van der Waals surface area contributed by atoms with Crippen molar-refractivity contribution < 1.29 is 52.2 Å². The van der Waals surface area contributed by atoms with E-state index in [-0.39, 0.29) is 27.3 Å². The van der Waals surface area contributed by atoms with Crippen LogP contribution < -0.4 is 10.2 Å². The van der Waals surface area contributed by atoms with Crippen molar-refractivity contribution in [2.45, 2.75) is 13.8 Å². The van der Waals surface area contributed by atoms with Crippen molar-refractivity contribution >= 4 is 11.9 Å². The zero-order valence-electron chi connectivity index (χ0n) is 6.79. The topological polar surface area (TPSA) is 100 Å². The van der Waals surface area contributed by atoms with Gasteiger partial charge in [0.15, 0.2) is 0 Å². The van der Waals surface area contributed by atoms with E-state index in [2.05, 4.69) is 0 Å². The molecule has 11 heavy (non-hydrogen) atoms. The Kier molecular flexibility index (Phi) is 46.0. The second-order valence-electron chi connectivity index (χ2n) is 0.983. The minimum atomic E-state index is -1.08. The maximum Gasteiger partial charge on any atom is 2.00 e. The summed E-state index contributed by atoms with van der Waals surface area (Å²) in [6.45, 7) is 1.94. The number of carboxylic acids is 2. The smallest absolute Gasteiger partial charge is 0.550 e. The third-order valence-corrected chi connectivity index (χ3v) is 0. The van der Waals surface area contributed by atoms with Crippen LogP contribution in [0.5, 0.6) is 0 Å². The van der Waals surface area contributed by atoms with E-state index in [1.807, 2.05) is 0 Å². The second-order valence-corrected chi connectivity index (χ2v) is 0.983. The van der Waals surface area contributed by atoms with Gasteiger partial charge in [-0.05, 0) is 13.8 Å². The van der Waals surface area contributed by atoms with Gasteiger partial charge in [-0.15, -0.1) is 0 Å². The van der Waals surface area contributed by atoms with Gasteiger partial charge < -0.3 is 24.9 Å². The summed E-state index contributed by atoms with van der Waals surface area (Å²) < 4.78 is 0. The van der Waals surface area contributed by atoms with Gasteiger partial charge in [-0.1, -0.05) is 0 Å². The molecule has 0 aliphatic carbocycles. The molecule has 62 valence electrons. The summed E-state index contributed by atoms with van der Waals surface area (Å²) in [7, 11) is 1.00. The number of hydrogen-bond donors (Lipinski definition) is 1. The number of aliphatic hydroxyl groups is 1. The number of carbonyl (C=O) groups excluding carboxylic acids is 2. The molecular formula is C5H10CdO5. The maximum atomic E-state index is 8.89. The third kappa shape index (κ3) is 19000. The summed E-state index contributed by atoms with van der Waals surface area (Å²) in [5, 5.41) is 24.8. The summed E-state index contributed by atoms with van der Waals surface area (Å²) in [5.74, 6) is -2.17.